The number of nitrogens with zero attached hydrogens (tertiary/aromatic N) is 5. The van der Waals surface area contributed by atoms with E-state index in [0.29, 0.717) is 45.1 Å². The SMILES string of the molecule is O=C(CC1CCCCN(Cc2ccccc2)C1=O)N1CCN(c2ncccn2)CC1. The Kier molecular flexibility index (Phi) is 6.57. The topological polar surface area (TPSA) is 69.6 Å². The molecule has 1 atom stereocenters. The zero-order valence-corrected chi connectivity index (χ0v) is 17.3. The molecule has 0 bridgehead atoms. The fraction of sp³-hybridized carbons (Fsp3) is 0.478. The average molecular weight is 408 g/mol. The summed E-state index contributed by atoms with van der Waals surface area (Å²) in [6, 6.07) is 11.9. The third-order valence-corrected chi connectivity index (χ3v) is 6.00. The molecule has 2 saturated heterocycles. The normalized spacial score (nSPS) is 20.2. The van der Waals surface area contributed by atoms with Crippen LogP contribution in [0.2, 0.25) is 0 Å². The summed E-state index contributed by atoms with van der Waals surface area (Å²) in [5.74, 6) is 0.712. The Balaban J connectivity index is 1.32. The summed E-state index contributed by atoms with van der Waals surface area (Å²) >= 11 is 0. The van der Waals surface area contributed by atoms with Crippen LogP contribution in [0.3, 0.4) is 0 Å². The number of likely N-dealkylation sites (tertiary alicyclic amines) is 1. The molecule has 1 aromatic heterocycles. The Hall–Kier alpha value is -2.96. The smallest absolute Gasteiger partial charge is 0.226 e. The lowest BCUT2D eigenvalue weighted by atomic mass is 9.97. The zero-order chi connectivity index (χ0) is 20.8. The van der Waals surface area contributed by atoms with Gasteiger partial charge in [-0.25, -0.2) is 9.97 Å². The average Bonchev–Trinajstić information content (AvgIpc) is 2.97. The van der Waals surface area contributed by atoms with Gasteiger partial charge in [0.05, 0.1) is 0 Å². The van der Waals surface area contributed by atoms with Crippen molar-refractivity contribution in [3.8, 4) is 0 Å². The van der Waals surface area contributed by atoms with Crippen LogP contribution in [0, 0.1) is 5.92 Å². The Morgan fingerprint density at radius 3 is 2.40 bits per heavy atom. The Bertz CT molecular complexity index is 837. The number of rotatable bonds is 5. The third-order valence-electron chi connectivity index (χ3n) is 6.00. The first-order valence-electron chi connectivity index (χ1n) is 10.8. The minimum atomic E-state index is -0.209. The van der Waals surface area contributed by atoms with Gasteiger partial charge in [-0.15, -0.1) is 0 Å². The molecule has 158 valence electrons. The second-order valence-electron chi connectivity index (χ2n) is 8.06. The van der Waals surface area contributed by atoms with Crippen LogP contribution < -0.4 is 4.90 Å². The van der Waals surface area contributed by atoms with Crippen molar-refractivity contribution in [1.82, 2.24) is 19.8 Å². The molecule has 0 aliphatic carbocycles. The highest BCUT2D eigenvalue weighted by Gasteiger charge is 2.31. The quantitative estimate of drug-likeness (QED) is 0.761. The van der Waals surface area contributed by atoms with Gasteiger partial charge in [-0.2, -0.15) is 0 Å². The predicted molar refractivity (Wildman–Crippen MR) is 115 cm³/mol. The number of hydrogen-bond donors (Lipinski definition) is 0. The molecule has 0 spiro atoms. The van der Waals surface area contributed by atoms with E-state index in [9.17, 15) is 9.59 Å². The summed E-state index contributed by atoms with van der Waals surface area (Å²) < 4.78 is 0. The van der Waals surface area contributed by atoms with Gasteiger partial charge in [0.2, 0.25) is 17.8 Å². The van der Waals surface area contributed by atoms with Gasteiger partial charge in [-0.05, 0) is 24.5 Å². The molecule has 7 nitrogen and oxygen atoms in total. The lowest BCUT2D eigenvalue weighted by molar-refractivity contribution is -0.141. The van der Waals surface area contributed by atoms with E-state index < -0.39 is 0 Å². The lowest BCUT2D eigenvalue weighted by Gasteiger charge is -2.35. The van der Waals surface area contributed by atoms with Crippen LogP contribution in [-0.4, -0.2) is 64.3 Å². The van der Waals surface area contributed by atoms with Crippen molar-refractivity contribution in [1.29, 1.82) is 0 Å². The van der Waals surface area contributed by atoms with Crippen LogP contribution in [0.25, 0.3) is 0 Å². The molecule has 0 radical (unpaired) electrons. The van der Waals surface area contributed by atoms with Crippen LogP contribution in [0.4, 0.5) is 5.95 Å². The first kappa shape index (κ1) is 20.3. The minimum absolute atomic E-state index is 0.0866. The number of aromatic nitrogens is 2. The molecule has 3 heterocycles. The zero-order valence-electron chi connectivity index (χ0n) is 17.3. The second kappa shape index (κ2) is 9.69. The Morgan fingerprint density at radius 2 is 1.67 bits per heavy atom. The number of carbonyl (C=O) groups excluding carboxylic acids is 2. The van der Waals surface area contributed by atoms with E-state index in [1.165, 1.54) is 0 Å². The maximum atomic E-state index is 13.1. The second-order valence-corrected chi connectivity index (χ2v) is 8.06. The van der Waals surface area contributed by atoms with E-state index in [1.54, 1.807) is 18.5 Å². The van der Waals surface area contributed by atoms with Crippen molar-refractivity contribution in [2.45, 2.75) is 32.2 Å². The molecule has 30 heavy (non-hydrogen) atoms. The van der Waals surface area contributed by atoms with Gasteiger partial charge in [-0.1, -0.05) is 36.8 Å². The molecule has 2 aliphatic rings. The molecular formula is C23H29N5O2. The summed E-state index contributed by atoms with van der Waals surface area (Å²) in [6.07, 6.45) is 6.57. The van der Waals surface area contributed by atoms with E-state index in [2.05, 4.69) is 14.9 Å². The van der Waals surface area contributed by atoms with Crippen molar-refractivity contribution >= 4 is 17.8 Å². The number of hydrogen-bond acceptors (Lipinski definition) is 5. The van der Waals surface area contributed by atoms with Gasteiger partial charge in [0, 0.05) is 64.0 Å². The first-order valence-corrected chi connectivity index (χ1v) is 10.8. The monoisotopic (exact) mass is 407 g/mol. The number of amides is 2. The van der Waals surface area contributed by atoms with Gasteiger partial charge >= 0.3 is 0 Å². The molecule has 1 aromatic carbocycles. The maximum Gasteiger partial charge on any atom is 0.226 e. The van der Waals surface area contributed by atoms with E-state index in [0.717, 1.165) is 31.4 Å². The van der Waals surface area contributed by atoms with E-state index >= 15 is 0 Å². The van der Waals surface area contributed by atoms with Gasteiger partial charge in [-0.3, -0.25) is 9.59 Å². The summed E-state index contributed by atoms with van der Waals surface area (Å²) in [5.41, 5.74) is 1.14. The summed E-state index contributed by atoms with van der Waals surface area (Å²) in [4.78, 5) is 40.6. The highest BCUT2D eigenvalue weighted by Crippen LogP contribution is 2.24. The molecule has 4 rings (SSSR count). The van der Waals surface area contributed by atoms with Crippen molar-refractivity contribution in [2.24, 2.45) is 5.92 Å². The molecule has 7 heteroatoms. The van der Waals surface area contributed by atoms with Crippen molar-refractivity contribution in [3.63, 3.8) is 0 Å². The van der Waals surface area contributed by atoms with E-state index in [-0.39, 0.29) is 17.7 Å². The van der Waals surface area contributed by atoms with Crippen molar-refractivity contribution in [2.75, 3.05) is 37.6 Å². The van der Waals surface area contributed by atoms with Crippen molar-refractivity contribution in [3.05, 3.63) is 54.4 Å². The van der Waals surface area contributed by atoms with Crippen LogP contribution in [0.1, 0.15) is 31.2 Å². The molecule has 2 fully saturated rings. The molecule has 2 aliphatic heterocycles. The molecule has 0 saturated carbocycles. The standard InChI is InChI=1S/C23H29N5O2/c29-21(26-13-15-27(16-14-26)23-24-10-6-11-25-23)17-20-9-4-5-12-28(22(20)30)18-19-7-2-1-3-8-19/h1-3,6-8,10-11,20H,4-5,9,12-18H2. The highest BCUT2D eigenvalue weighted by molar-refractivity contribution is 5.86. The van der Waals surface area contributed by atoms with Crippen molar-refractivity contribution < 1.29 is 9.59 Å². The van der Waals surface area contributed by atoms with Crippen LogP contribution in [0.5, 0.6) is 0 Å². The minimum Gasteiger partial charge on any atom is -0.339 e. The van der Waals surface area contributed by atoms with Crippen LogP contribution in [0.15, 0.2) is 48.8 Å². The number of benzene rings is 1. The summed E-state index contributed by atoms with van der Waals surface area (Å²) in [6.45, 7) is 4.12. The first-order chi connectivity index (χ1) is 14.7. The summed E-state index contributed by atoms with van der Waals surface area (Å²) in [7, 11) is 0. The fourth-order valence-electron chi connectivity index (χ4n) is 4.29. The fourth-order valence-corrected chi connectivity index (χ4v) is 4.29. The number of piperazine rings is 1. The Labute approximate surface area is 177 Å². The highest BCUT2D eigenvalue weighted by atomic mass is 16.2. The van der Waals surface area contributed by atoms with Gasteiger partial charge in [0.25, 0.3) is 0 Å². The maximum absolute atomic E-state index is 13.1. The number of carbonyl (C=O) groups is 2. The molecule has 2 amide bonds. The van der Waals surface area contributed by atoms with E-state index in [4.69, 9.17) is 0 Å². The van der Waals surface area contributed by atoms with Gasteiger partial charge < -0.3 is 14.7 Å². The lowest BCUT2D eigenvalue weighted by Crippen LogP contribution is -2.50. The molecule has 2 aromatic rings. The van der Waals surface area contributed by atoms with Crippen LogP contribution >= 0.6 is 0 Å². The van der Waals surface area contributed by atoms with Crippen LogP contribution in [-0.2, 0) is 16.1 Å². The third kappa shape index (κ3) is 4.96. The van der Waals surface area contributed by atoms with E-state index in [1.807, 2.05) is 40.1 Å². The summed E-state index contributed by atoms with van der Waals surface area (Å²) in [5, 5.41) is 0. The molecule has 1 unspecified atom stereocenters. The number of anilines is 1. The predicted octanol–water partition coefficient (Wildman–Crippen LogP) is 2.34. The van der Waals surface area contributed by atoms with Gasteiger partial charge in [0.15, 0.2) is 0 Å². The molecule has 0 N–H and O–H groups in total. The molecular weight excluding hydrogens is 378 g/mol. The largest absolute Gasteiger partial charge is 0.339 e. The van der Waals surface area contributed by atoms with Gasteiger partial charge in [0.1, 0.15) is 0 Å². The Morgan fingerprint density at radius 1 is 0.933 bits per heavy atom.